The van der Waals surface area contributed by atoms with Crippen molar-refractivity contribution in [2.24, 2.45) is 11.7 Å². The summed E-state index contributed by atoms with van der Waals surface area (Å²) in [6, 6.07) is 7.44. The number of amides is 1. The Hall–Kier alpha value is -1.57. The second-order valence-electron chi connectivity index (χ2n) is 4.73. The summed E-state index contributed by atoms with van der Waals surface area (Å²) in [5, 5.41) is 9.77. The molecule has 8 heteroatoms. The monoisotopic (exact) mass is 341 g/mol. The smallest absolute Gasteiger partial charge is 0.228 e. The lowest BCUT2D eigenvalue weighted by Gasteiger charge is -2.10. The topological polar surface area (TPSA) is 96.7 Å². The highest BCUT2D eigenvalue weighted by molar-refractivity contribution is 7.98. The number of aromatic nitrogens is 3. The number of anilines is 1. The molecule has 2 aromatic rings. The molecule has 1 aromatic heterocycles. The van der Waals surface area contributed by atoms with E-state index in [-0.39, 0.29) is 24.2 Å². The van der Waals surface area contributed by atoms with Gasteiger partial charge in [-0.25, -0.2) is 4.98 Å². The van der Waals surface area contributed by atoms with Crippen LogP contribution >= 0.6 is 24.2 Å². The molecule has 0 spiro atoms. The molecule has 0 saturated carbocycles. The summed E-state index contributed by atoms with van der Waals surface area (Å²) in [5.41, 5.74) is 7.14. The molecule has 0 radical (unpaired) electrons. The maximum absolute atomic E-state index is 11.9. The highest BCUT2D eigenvalue weighted by atomic mass is 35.5. The molecule has 1 aromatic carbocycles. The van der Waals surface area contributed by atoms with Crippen molar-refractivity contribution in [3.63, 3.8) is 0 Å². The third-order valence-corrected chi connectivity index (χ3v) is 3.83. The standard InChI is InChI=1S/C14H19N5OS.ClH/c1-9(8-21-2)14(20)16-11-5-3-10(4-6-11)13-17-12(7-15)18-19-13;/h3-6,9H,7-8,15H2,1-2H3,(H,16,20)(H,17,18,19);1H. The molecule has 1 unspecified atom stereocenters. The zero-order valence-electron chi connectivity index (χ0n) is 12.5. The van der Waals surface area contributed by atoms with Gasteiger partial charge in [0, 0.05) is 22.9 Å². The van der Waals surface area contributed by atoms with Gasteiger partial charge in [0.2, 0.25) is 5.91 Å². The Morgan fingerprint density at radius 2 is 2.09 bits per heavy atom. The van der Waals surface area contributed by atoms with Gasteiger partial charge in [0.1, 0.15) is 5.82 Å². The van der Waals surface area contributed by atoms with Crippen LogP contribution in [-0.2, 0) is 11.3 Å². The Morgan fingerprint density at radius 3 is 2.64 bits per heavy atom. The highest BCUT2D eigenvalue weighted by Gasteiger charge is 2.12. The van der Waals surface area contributed by atoms with Crippen molar-refractivity contribution in [3.8, 4) is 11.4 Å². The van der Waals surface area contributed by atoms with Crippen LogP contribution in [0.1, 0.15) is 12.7 Å². The Bertz CT molecular complexity index is 602. The summed E-state index contributed by atoms with van der Waals surface area (Å²) >= 11 is 1.66. The molecule has 22 heavy (non-hydrogen) atoms. The maximum Gasteiger partial charge on any atom is 0.228 e. The fourth-order valence-electron chi connectivity index (χ4n) is 1.81. The largest absolute Gasteiger partial charge is 0.326 e. The summed E-state index contributed by atoms with van der Waals surface area (Å²) in [6.45, 7) is 2.25. The van der Waals surface area contributed by atoms with Crippen molar-refractivity contribution in [1.82, 2.24) is 15.2 Å². The van der Waals surface area contributed by atoms with Crippen molar-refractivity contribution < 1.29 is 4.79 Å². The second-order valence-corrected chi connectivity index (χ2v) is 5.64. The minimum atomic E-state index is -0.0141. The van der Waals surface area contributed by atoms with Gasteiger partial charge in [-0.2, -0.15) is 16.9 Å². The molecule has 0 aliphatic carbocycles. The molecule has 0 bridgehead atoms. The van der Waals surface area contributed by atoms with Crippen LogP contribution in [0.15, 0.2) is 24.3 Å². The van der Waals surface area contributed by atoms with Gasteiger partial charge < -0.3 is 11.1 Å². The van der Waals surface area contributed by atoms with Crippen LogP contribution in [0.5, 0.6) is 0 Å². The van der Waals surface area contributed by atoms with Crippen molar-refractivity contribution in [1.29, 1.82) is 0 Å². The van der Waals surface area contributed by atoms with Crippen LogP contribution in [0.25, 0.3) is 11.4 Å². The average Bonchev–Trinajstić information content (AvgIpc) is 2.97. The summed E-state index contributed by atoms with van der Waals surface area (Å²) in [5.74, 6) is 2.07. The van der Waals surface area contributed by atoms with E-state index >= 15 is 0 Å². The maximum atomic E-state index is 11.9. The molecule has 0 saturated heterocycles. The van der Waals surface area contributed by atoms with Gasteiger partial charge in [-0.05, 0) is 30.5 Å². The average molecular weight is 342 g/mol. The number of thioether (sulfide) groups is 1. The number of H-pyrrole nitrogens is 1. The molecular weight excluding hydrogens is 322 g/mol. The summed E-state index contributed by atoms with van der Waals surface area (Å²) in [4.78, 5) is 16.2. The number of aromatic amines is 1. The molecule has 6 nitrogen and oxygen atoms in total. The molecule has 2 rings (SSSR count). The predicted molar refractivity (Wildman–Crippen MR) is 93.1 cm³/mol. The van der Waals surface area contributed by atoms with Crippen LogP contribution in [-0.4, -0.2) is 33.1 Å². The number of halogens is 1. The quantitative estimate of drug-likeness (QED) is 0.749. The first-order valence-corrected chi connectivity index (χ1v) is 8.05. The Morgan fingerprint density at radius 1 is 1.41 bits per heavy atom. The fourth-order valence-corrected chi connectivity index (χ4v) is 2.46. The normalized spacial score (nSPS) is 11.6. The van der Waals surface area contributed by atoms with Crippen LogP contribution in [0.4, 0.5) is 5.69 Å². The summed E-state index contributed by atoms with van der Waals surface area (Å²) in [7, 11) is 0. The molecule has 0 aliphatic heterocycles. The number of rotatable bonds is 6. The van der Waals surface area contributed by atoms with E-state index in [9.17, 15) is 4.79 Å². The number of nitrogens with zero attached hydrogens (tertiary/aromatic N) is 2. The van der Waals surface area contributed by atoms with Crippen molar-refractivity contribution in [3.05, 3.63) is 30.1 Å². The lowest BCUT2D eigenvalue weighted by Crippen LogP contribution is -2.21. The van der Waals surface area contributed by atoms with E-state index in [0.29, 0.717) is 18.2 Å². The van der Waals surface area contributed by atoms with Gasteiger partial charge in [-0.1, -0.05) is 6.92 Å². The SMILES string of the molecule is CSCC(C)C(=O)Nc1ccc(-c2n[nH]c(CN)n2)cc1.Cl. The summed E-state index contributed by atoms with van der Waals surface area (Å²) in [6.07, 6.45) is 1.99. The third-order valence-electron chi connectivity index (χ3n) is 3.00. The Kier molecular flexibility index (Phi) is 7.37. The second kappa shape index (κ2) is 8.77. The highest BCUT2D eigenvalue weighted by Crippen LogP contribution is 2.18. The van der Waals surface area contributed by atoms with Gasteiger partial charge in [-0.3, -0.25) is 9.89 Å². The van der Waals surface area contributed by atoms with Gasteiger partial charge in [0.25, 0.3) is 0 Å². The van der Waals surface area contributed by atoms with Gasteiger partial charge in [-0.15, -0.1) is 12.4 Å². The van der Waals surface area contributed by atoms with E-state index in [1.165, 1.54) is 0 Å². The van der Waals surface area contributed by atoms with E-state index in [2.05, 4.69) is 20.5 Å². The van der Waals surface area contributed by atoms with E-state index in [1.807, 2.05) is 37.4 Å². The van der Waals surface area contributed by atoms with Crippen molar-refractivity contribution in [2.45, 2.75) is 13.5 Å². The first kappa shape index (κ1) is 18.5. The number of carbonyl (C=O) groups excluding carboxylic acids is 1. The zero-order chi connectivity index (χ0) is 15.2. The van der Waals surface area contributed by atoms with E-state index < -0.39 is 0 Å². The molecule has 1 atom stereocenters. The van der Waals surface area contributed by atoms with Gasteiger partial charge in [0.15, 0.2) is 5.82 Å². The Labute approximate surface area is 140 Å². The van der Waals surface area contributed by atoms with Crippen LogP contribution in [0.3, 0.4) is 0 Å². The number of carbonyl (C=O) groups is 1. The number of nitrogens with one attached hydrogen (secondary N) is 2. The first-order chi connectivity index (χ1) is 10.1. The van der Waals surface area contributed by atoms with Crippen molar-refractivity contribution >= 4 is 35.8 Å². The lowest BCUT2D eigenvalue weighted by atomic mass is 10.1. The molecule has 0 aliphatic rings. The Balaban J connectivity index is 0.00000242. The van der Waals surface area contributed by atoms with Gasteiger partial charge >= 0.3 is 0 Å². The number of hydrogen-bond donors (Lipinski definition) is 3. The van der Waals surface area contributed by atoms with Crippen LogP contribution < -0.4 is 11.1 Å². The third kappa shape index (κ3) is 4.72. The molecule has 120 valence electrons. The molecule has 0 fully saturated rings. The molecule has 1 heterocycles. The van der Waals surface area contributed by atoms with Gasteiger partial charge in [0.05, 0.1) is 6.54 Å². The molecule has 1 amide bonds. The first-order valence-electron chi connectivity index (χ1n) is 6.65. The number of benzene rings is 1. The minimum Gasteiger partial charge on any atom is -0.326 e. The predicted octanol–water partition coefficient (Wildman–Crippen LogP) is 2.29. The summed E-state index contributed by atoms with van der Waals surface area (Å²) < 4.78 is 0. The van der Waals surface area contributed by atoms with E-state index in [0.717, 1.165) is 17.0 Å². The fraction of sp³-hybridized carbons (Fsp3) is 0.357. The van der Waals surface area contributed by atoms with Crippen molar-refractivity contribution in [2.75, 3.05) is 17.3 Å². The van der Waals surface area contributed by atoms with E-state index in [4.69, 9.17) is 5.73 Å². The minimum absolute atomic E-state index is 0. The molecular formula is C14H20ClN5OS. The van der Waals surface area contributed by atoms with E-state index in [1.54, 1.807) is 11.8 Å². The number of nitrogens with two attached hydrogens (primary N) is 1. The zero-order valence-corrected chi connectivity index (χ0v) is 14.1. The molecule has 4 N–H and O–H groups in total. The van der Waals surface area contributed by atoms with Crippen LogP contribution in [0, 0.1) is 5.92 Å². The lowest BCUT2D eigenvalue weighted by molar-refractivity contribution is -0.118. The number of hydrogen-bond acceptors (Lipinski definition) is 5. The van der Waals surface area contributed by atoms with Crippen LogP contribution in [0.2, 0.25) is 0 Å².